The molecule has 2 aromatic rings. The molecule has 1 aliphatic rings. The standard InChI is InChI=1S/C18H16BrClN2O4/c1-10-5-13(20)3-4-15(10)26-11(2)18(23)22-21-8-12-6-16-17(7-14(12)19)25-9-24-16/h3-8,11H,9H2,1-2H3,(H,22,23). The molecule has 1 aliphatic heterocycles. The summed E-state index contributed by atoms with van der Waals surface area (Å²) in [6.45, 7) is 3.70. The van der Waals surface area contributed by atoms with E-state index in [0.29, 0.717) is 22.3 Å². The molecule has 0 bridgehead atoms. The van der Waals surface area contributed by atoms with Crippen molar-refractivity contribution in [3.8, 4) is 17.2 Å². The van der Waals surface area contributed by atoms with Crippen molar-refractivity contribution in [2.45, 2.75) is 20.0 Å². The number of rotatable bonds is 5. The summed E-state index contributed by atoms with van der Waals surface area (Å²) >= 11 is 9.35. The summed E-state index contributed by atoms with van der Waals surface area (Å²) in [6, 6.07) is 8.79. The molecule has 2 aromatic carbocycles. The van der Waals surface area contributed by atoms with Crippen LogP contribution in [0.15, 0.2) is 39.9 Å². The zero-order chi connectivity index (χ0) is 18.7. The van der Waals surface area contributed by atoms with Crippen molar-refractivity contribution in [3.63, 3.8) is 0 Å². The van der Waals surface area contributed by atoms with Gasteiger partial charge in [0.05, 0.1) is 6.21 Å². The lowest BCUT2D eigenvalue weighted by atomic mass is 10.2. The van der Waals surface area contributed by atoms with Crippen molar-refractivity contribution >= 4 is 39.7 Å². The number of fused-ring (bicyclic) bond motifs is 1. The number of amides is 1. The molecular weight excluding hydrogens is 424 g/mol. The molecule has 1 unspecified atom stereocenters. The first-order valence-corrected chi connectivity index (χ1v) is 8.96. The normalized spacial score (nSPS) is 13.7. The molecule has 3 rings (SSSR count). The van der Waals surface area contributed by atoms with E-state index in [0.717, 1.165) is 15.6 Å². The predicted molar refractivity (Wildman–Crippen MR) is 102 cm³/mol. The minimum Gasteiger partial charge on any atom is -0.481 e. The van der Waals surface area contributed by atoms with Crippen LogP contribution in [0.3, 0.4) is 0 Å². The molecule has 1 amide bonds. The second kappa shape index (κ2) is 7.97. The van der Waals surface area contributed by atoms with Crippen molar-refractivity contribution in [1.29, 1.82) is 0 Å². The second-order valence-corrected chi connectivity index (χ2v) is 6.92. The molecular formula is C18H16BrClN2O4. The van der Waals surface area contributed by atoms with Crippen LogP contribution in [0.25, 0.3) is 0 Å². The van der Waals surface area contributed by atoms with Gasteiger partial charge in [-0.3, -0.25) is 4.79 Å². The fraction of sp³-hybridized carbons (Fsp3) is 0.222. The molecule has 0 saturated carbocycles. The highest BCUT2D eigenvalue weighted by atomic mass is 79.9. The molecule has 0 spiro atoms. The lowest BCUT2D eigenvalue weighted by Crippen LogP contribution is -2.33. The molecule has 136 valence electrons. The Kier molecular flexibility index (Phi) is 5.68. The van der Waals surface area contributed by atoms with Gasteiger partial charge in [-0.25, -0.2) is 5.43 Å². The Morgan fingerprint density at radius 2 is 2.08 bits per heavy atom. The van der Waals surface area contributed by atoms with Crippen molar-refractivity contribution < 1.29 is 19.0 Å². The summed E-state index contributed by atoms with van der Waals surface area (Å²) < 4.78 is 17.1. The number of ether oxygens (including phenoxy) is 3. The average molecular weight is 440 g/mol. The highest BCUT2D eigenvalue weighted by Gasteiger charge is 2.17. The number of carbonyl (C=O) groups excluding carboxylic acids is 1. The smallest absolute Gasteiger partial charge is 0.280 e. The van der Waals surface area contributed by atoms with Gasteiger partial charge in [0, 0.05) is 15.1 Å². The molecule has 0 radical (unpaired) electrons. The van der Waals surface area contributed by atoms with Crippen LogP contribution in [0.1, 0.15) is 18.1 Å². The molecule has 0 saturated heterocycles. The number of halogens is 2. The van der Waals surface area contributed by atoms with Crippen LogP contribution in [0.5, 0.6) is 17.2 Å². The number of hydrogen-bond donors (Lipinski definition) is 1. The van der Waals surface area contributed by atoms with Crippen LogP contribution in [0.2, 0.25) is 5.02 Å². The summed E-state index contributed by atoms with van der Waals surface area (Å²) in [5.41, 5.74) is 4.06. The van der Waals surface area contributed by atoms with Crippen LogP contribution in [0.4, 0.5) is 0 Å². The summed E-state index contributed by atoms with van der Waals surface area (Å²) in [5.74, 6) is 1.53. The third-order valence-corrected chi connectivity index (χ3v) is 4.60. The summed E-state index contributed by atoms with van der Waals surface area (Å²) in [7, 11) is 0. The Balaban J connectivity index is 1.60. The Morgan fingerprint density at radius 1 is 1.35 bits per heavy atom. The van der Waals surface area contributed by atoms with E-state index in [-0.39, 0.29) is 12.7 Å². The van der Waals surface area contributed by atoms with Crippen molar-refractivity contribution in [1.82, 2.24) is 5.43 Å². The van der Waals surface area contributed by atoms with E-state index in [2.05, 4.69) is 26.5 Å². The van der Waals surface area contributed by atoms with Gasteiger partial charge in [-0.1, -0.05) is 11.6 Å². The van der Waals surface area contributed by atoms with Crippen molar-refractivity contribution in [3.05, 3.63) is 51.0 Å². The Labute approximate surface area is 164 Å². The van der Waals surface area contributed by atoms with Gasteiger partial charge in [-0.2, -0.15) is 5.10 Å². The van der Waals surface area contributed by atoms with E-state index in [1.165, 1.54) is 6.21 Å². The number of benzene rings is 2. The molecule has 8 heteroatoms. The third-order valence-electron chi connectivity index (χ3n) is 3.68. The van der Waals surface area contributed by atoms with Gasteiger partial charge in [-0.05, 0) is 65.7 Å². The maximum atomic E-state index is 12.2. The minimum absolute atomic E-state index is 0.193. The van der Waals surface area contributed by atoms with E-state index in [9.17, 15) is 4.79 Å². The van der Waals surface area contributed by atoms with Crippen LogP contribution in [0, 0.1) is 6.92 Å². The molecule has 26 heavy (non-hydrogen) atoms. The molecule has 0 aliphatic carbocycles. The van der Waals surface area contributed by atoms with Gasteiger partial charge in [0.2, 0.25) is 6.79 Å². The van der Waals surface area contributed by atoms with Crippen LogP contribution < -0.4 is 19.6 Å². The number of hydrazone groups is 1. The molecule has 1 heterocycles. The van der Waals surface area contributed by atoms with Crippen LogP contribution in [-0.4, -0.2) is 25.0 Å². The lowest BCUT2D eigenvalue weighted by Gasteiger charge is -2.14. The predicted octanol–water partition coefficient (Wildman–Crippen LogP) is 4.06. The van der Waals surface area contributed by atoms with E-state index >= 15 is 0 Å². The largest absolute Gasteiger partial charge is 0.481 e. The minimum atomic E-state index is -0.716. The van der Waals surface area contributed by atoms with Gasteiger partial charge >= 0.3 is 0 Å². The van der Waals surface area contributed by atoms with Gasteiger partial charge in [0.1, 0.15) is 5.75 Å². The zero-order valence-electron chi connectivity index (χ0n) is 14.1. The summed E-state index contributed by atoms with van der Waals surface area (Å²) in [4.78, 5) is 12.2. The Hall–Kier alpha value is -2.25. The SMILES string of the molecule is Cc1cc(Cl)ccc1OC(C)C(=O)NN=Cc1cc2c(cc1Br)OCO2. The van der Waals surface area contributed by atoms with Crippen molar-refractivity contribution in [2.24, 2.45) is 5.10 Å². The molecule has 1 N–H and O–H groups in total. The zero-order valence-corrected chi connectivity index (χ0v) is 16.4. The van der Waals surface area contributed by atoms with Crippen LogP contribution in [-0.2, 0) is 4.79 Å². The third kappa shape index (κ3) is 4.28. The van der Waals surface area contributed by atoms with Gasteiger partial charge < -0.3 is 14.2 Å². The van der Waals surface area contributed by atoms with Crippen LogP contribution >= 0.6 is 27.5 Å². The molecule has 1 atom stereocenters. The molecule has 0 aromatic heterocycles. The number of nitrogens with one attached hydrogen (secondary N) is 1. The fourth-order valence-electron chi connectivity index (χ4n) is 2.28. The summed E-state index contributed by atoms with van der Waals surface area (Å²) in [5, 5.41) is 4.59. The molecule has 0 fully saturated rings. The maximum absolute atomic E-state index is 12.2. The average Bonchev–Trinajstić information content (AvgIpc) is 3.04. The monoisotopic (exact) mass is 438 g/mol. The number of nitrogens with zero attached hydrogens (tertiary/aromatic N) is 1. The highest BCUT2D eigenvalue weighted by Crippen LogP contribution is 2.36. The first-order valence-electron chi connectivity index (χ1n) is 7.79. The lowest BCUT2D eigenvalue weighted by molar-refractivity contribution is -0.127. The Bertz CT molecular complexity index is 873. The van der Waals surface area contributed by atoms with E-state index in [1.807, 2.05) is 6.92 Å². The second-order valence-electron chi connectivity index (χ2n) is 5.63. The first-order chi connectivity index (χ1) is 12.4. The Morgan fingerprint density at radius 3 is 2.81 bits per heavy atom. The quantitative estimate of drug-likeness (QED) is 0.563. The number of aryl methyl sites for hydroxylation is 1. The fourth-order valence-corrected chi connectivity index (χ4v) is 2.93. The molecule has 6 nitrogen and oxygen atoms in total. The van der Waals surface area contributed by atoms with E-state index < -0.39 is 6.10 Å². The highest BCUT2D eigenvalue weighted by molar-refractivity contribution is 9.10. The summed E-state index contributed by atoms with van der Waals surface area (Å²) in [6.07, 6.45) is 0.803. The van der Waals surface area contributed by atoms with Gasteiger partial charge in [0.25, 0.3) is 5.91 Å². The number of carbonyl (C=O) groups is 1. The first kappa shape index (κ1) is 18.5. The van der Waals surface area contributed by atoms with E-state index in [1.54, 1.807) is 37.3 Å². The topological polar surface area (TPSA) is 69.2 Å². The van der Waals surface area contributed by atoms with Crippen molar-refractivity contribution in [2.75, 3.05) is 6.79 Å². The number of hydrogen-bond acceptors (Lipinski definition) is 5. The van der Waals surface area contributed by atoms with E-state index in [4.69, 9.17) is 25.8 Å². The maximum Gasteiger partial charge on any atom is 0.280 e. The van der Waals surface area contributed by atoms with Gasteiger partial charge in [-0.15, -0.1) is 0 Å². The van der Waals surface area contributed by atoms with Gasteiger partial charge in [0.15, 0.2) is 17.6 Å².